The molecule has 0 saturated heterocycles. The summed E-state index contributed by atoms with van der Waals surface area (Å²) in [4.78, 5) is 49.8. The van der Waals surface area contributed by atoms with E-state index in [4.69, 9.17) is 9.84 Å². The molecule has 10 nitrogen and oxygen atoms in total. The molecule has 0 radical (unpaired) electrons. The molecule has 0 fully saturated rings. The van der Waals surface area contributed by atoms with Crippen LogP contribution in [-0.4, -0.2) is 58.0 Å². The first-order chi connectivity index (χ1) is 24.3. The van der Waals surface area contributed by atoms with Crippen LogP contribution in [0.25, 0.3) is 6.08 Å². The Morgan fingerprint density at radius 3 is 2.24 bits per heavy atom. The van der Waals surface area contributed by atoms with Crippen molar-refractivity contribution >= 4 is 35.5 Å². The Morgan fingerprint density at radius 1 is 0.780 bits per heavy atom. The molecule has 4 aromatic rings. The molecule has 0 saturated carbocycles. The van der Waals surface area contributed by atoms with Gasteiger partial charge in [0.05, 0.1) is 6.42 Å². The van der Waals surface area contributed by atoms with Gasteiger partial charge in [-0.2, -0.15) is 0 Å². The maximum absolute atomic E-state index is 12.7. The number of aliphatic carboxylic acids is 2. The van der Waals surface area contributed by atoms with E-state index in [9.17, 15) is 24.3 Å². The molecule has 4 rings (SSSR count). The summed E-state index contributed by atoms with van der Waals surface area (Å²) in [6.45, 7) is 1.43. The molecule has 0 heterocycles. The third-order valence-corrected chi connectivity index (χ3v) is 7.88. The molecule has 4 N–H and O–H groups in total. The Balaban J connectivity index is 1.43. The molecule has 10 heteroatoms. The van der Waals surface area contributed by atoms with Crippen LogP contribution in [0.1, 0.15) is 59.2 Å². The highest BCUT2D eigenvalue weighted by Crippen LogP contribution is 2.20. The van der Waals surface area contributed by atoms with Crippen LogP contribution in [0, 0.1) is 0 Å². The zero-order valence-corrected chi connectivity index (χ0v) is 27.9. The van der Waals surface area contributed by atoms with Gasteiger partial charge in [0.25, 0.3) is 5.91 Å². The van der Waals surface area contributed by atoms with Crippen molar-refractivity contribution in [2.24, 2.45) is 0 Å². The highest BCUT2D eigenvalue weighted by atomic mass is 16.5. The third kappa shape index (κ3) is 13.0. The number of carbonyl (C=O) groups excluding carboxylic acids is 2. The van der Waals surface area contributed by atoms with Crippen LogP contribution in [0.5, 0.6) is 5.75 Å². The van der Waals surface area contributed by atoms with Crippen LogP contribution in [0.3, 0.4) is 0 Å². The lowest BCUT2D eigenvalue weighted by molar-refractivity contribution is -0.143. The summed E-state index contributed by atoms with van der Waals surface area (Å²) in [6.07, 6.45) is 4.92. The first kappa shape index (κ1) is 37.1. The van der Waals surface area contributed by atoms with Crippen molar-refractivity contribution in [3.05, 3.63) is 138 Å². The minimum absolute atomic E-state index is 0.0936. The first-order valence-corrected chi connectivity index (χ1v) is 16.6. The van der Waals surface area contributed by atoms with E-state index in [1.165, 1.54) is 0 Å². The number of unbranched alkanes of at least 4 members (excludes halogenated alkanes) is 1. The molecule has 0 bridgehead atoms. The molecule has 0 aliphatic carbocycles. The molecule has 0 unspecified atom stereocenters. The fourth-order valence-corrected chi connectivity index (χ4v) is 5.31. The molecule has 0 aromatic heterocycles. The van der Waals surface area contributed by atoms with E-state index in [2.05, 4.69) is 10.6 Å². The lowest BCUT2D eigenvalue weighted by Crippen LogP contribution is -2.41. The van der Waals surface area contributed by atoms with Crippen LogP contribution in [0.15, 0.2) is 115 Å². The van der Waals surface area contributed by atoms with E-state index >= 15 is 0 Å². The van der Waals surface area contributed by atoms with E-state index < -0.39 is 18.0 Å². The summed E-state index contributed by atoms with van der Waals surface area (Å²) in [5, 5.41) is 24.7. The van der Waals surface area contributed by atoms with Gasteiger partial charge in [0.1, 0.15) is 18.4 Å². The minimum atomic E-state index is -1.03. The van der Waals surface area contributed by atoms with Gasteiger partial charge in [-0.25, -0.2) is 0 Å². The van der Waals surface area contributed by atoms with Crippen molar-refractivity contribution in [3.8, 4) is 5.75 Å². The molecule has 260 valence electrons. The number of rotatable bonds is 20. The van der Waals surface area contributed by atoms with Crippen LogP contribution >= 0.6 is 0 Å². The monoisotopic (exact) mass is 677 g/mol. The van der Waals surface area contributed by atoms with Crippen molar-refractivity contribution in [3.63, 3.8) is 0 Å². The van der Waals surface area contributed by atoms with E-state index in [0.717, 1.165) is 16.7 Å². The number of nitrogens with one attached hydrogen (secondary N) is 2. The molecule has 50 heavy (non-hydrogen) atoms. The largest absolute Gasteiger partial charge is 0.489 e. The summed E-state index contributed by atoms with van der Waals surface area (Å²) in [6, 6.07) is 33.0. The number of nitrogens with zero attached hydrogens (tertiary/aromatic N) is 1. The lowest BCUT2D eigenvalue weighted by Gasteiger charge is -2.28. The number of hydrogen-bond donors (Lipinski definition) is 4. The van der Waals surface area contributed by atoms with E-state index in [1.807, 2.05) is 102 Å². The number of carboxylic acid groups (broad SMARTS) is 2. The lowest BCUT2D eigenvalue weighted by atomic mass is 10.1. The van der Waals surface area contributed by atoms with Gasteiger partial charge in [-0.3, -0.25) is 24.1 Å². The average molecular weight is 678 g/mol. The van der Waals surface area contributed by atoms with Gasteiger partial charge in [-0.1, -0.05) is 84.9 Å². The number of hydrogen-bond acceptors (Lipinski definition) is 6. The fraction of sp³-hybridized carbons (Fsp3) is 0.250. The van der Waals surface area contributed by atoms with E-state index in [-0.39, 0.29) is 24.7 Å². The molecule has 2 amide bonds. The van der Waals surface area contributed by atoms with Crippen LogP contribution < -0.4 is 15.4 Å². The smallest absolute Gasteiger partial charge is 0.320 e. The standard InChI is InChI=1S/C40H43N3O7/c44-37(22-23-38(45)46)41-24-8-7-21-36(40(48)49)43(28-32-15-10-20-35(27-32)50-29-31-12-3-1-4-13-31)25-11-16-30-14-9-19-34(26-30)42-39(47)33-17-5-2-6-18-33/h1-6,9-20,26-27,36H,7-8,21-25,28-29H2,(H,41,44)(H,42,47)(H,45,46)(H,48,49)/b16-11+/t36-/m0/s1. The quantitative estimate of drug-likeness (QED) is 0.0763. The van der Waals surface area contributed by atoms with Crippen molar-refractivity contribution < 1.29 is 34.1 Å². The topological polar surface area (TPSA) is 145 Å². The maximum atomic E-state index is 12.7. The molecular weight excluding hydrogens is 634 g/mol. The summed E-state index contributed by atoms with van der Waals surface area (Å²) >= 11 is 0. The Bertz CT molecular complexity index is 1730. The number of carboxylic acids is 2. The van der Waals surface area contributed by atoms with Gasteiger partial charge in [-0.05, 0) is 72.4 Å². The molecular formula is C40H43N3O7. The third-order valence-electron chi connectivity index (χ3n) is 7.88. The van der Waals surface area contributed by atoms with Crippen LogP contribution in [0.2, 0.25) is 0 Å². The van der Waals surface area contributed by atoms with Crippen molar-refractivity contribution in [2.45, 2.75) is 51.3 Å². The van der Waals surface area contributed by atoms with Crippen LogP contribution in [-0.2, 0) is 27.5 Å². The Morgan fingerprint density at radius 2 is 1.50 bits per heavy atom. The number of carbonyl (C=O) groups is 4. The number of benzene rings is 4. The molecule has 4 aromatic carbocycles. The van der Waals surface area contributed by atoms with Gasteiger partial charge in [-0.15, -0.1) is 0 Å². The van der Waals surface area contributed by atoms with Gasteiger partial charge in [0, 0.05) is 37.3 Å². The Kier molecular flexibility index (Phi) is 14.8. The second-order valence-electron chi connectivity index (χ2n) is 11.8. The van der Waals surface area contributed by atoms with Gasteiger partial charge in [0.2, 0.25) is 5.91 Å². The zero-order chi connectivity index (χ0) is 35.6. The summed E-state index contributed by atoms with van der Waals surface area (Å²) < 4.78 is 6.02. The molecule has 0 aliphatic rings. The van der Waals surface area contributed by atoms with Crippen molar-refractivity contribution in [1.29, 1.82) is 0 Å². The average Bonchev–Trinajstić information content (AvgIpc) is 3.12. The van der Waals surface area contributed by atoms with E-state index in [0.29, 0.717) is 62.5 Å². The second-order valence-corrected chi connectivity index (χ2v) is 11.8. The van der Waals surface area contributed by atoms with Gasteiger partial charge < -0.3 is 25.6 Å². The summed E-state index contributed by atoms with van der Waals surface area (Å²) in [5.74, 6) is -1.86. The first-order valence-electron chi connectivity index (χ1n) is 16.6. The zero-order valence-electron chi connectivity index (χ0n) is 27.9. The predicted octanol–water partition coefficient (Wildman–Crippen LogP) is 6.64. The highest BCUT2D eigenvalue weighted by Gasteiger charge is 2.25. The molecule has 1 atom stereocenters. The van der Waals surface area contributed by atoms with Crippen LogP contribution in [0.4, 0.5) is 5.69 Å². The van der Waals surface area contributed by atoms with Gasteiger partial charge in [0.15, 0.2) is 0 Å². The maximum Gasteiger partial charge on any atom is 0.320 e. The Hall–Kier alpha value is -5.74. The van der Waals surface area contributed by atoms with Crippen molar-refractivity contribution in [1.82, 2.24) is 10.2 Å². The molecule has 0 spiro atoms. The number of anilines is 1. The summed E-state index contributed by atoms with van der Waals surface area (Å²) in [7, 11) is 0. The summed E-state index contributed by atoms with van der Waals surface area (Å²) in [5.41, 5.74) is 3.98. The highest BCUT2D eigenvalue weighted by molar-refractivity contribution is 6.04. The van der Waals surface area contributed by atoms with Crippen molar-refractivity contribution in [2.75, 3.05) is 18.4 Å². The fourth-order valence-electron chi connectivity index (χ4n) is 5.31. The second kappa shape index (κ2) is 19.9. The predicted molar refractivity (Wildman–Crippen MR) is 193 cm³/mol. The normalized spacial score (nSPS) is 11.6. The number of amides is 2. The number of ether oxygens (including phenoxy) is 1. The van der Waals surface area contributed by atoms with Gasteiger partial charge >= 0.3 is 11.9 Å². The molecule has 0 aliphatic heterocycles. The Labute approximate surface area is 292 Å². The van der Waals surface area contributed by atoms with E-state index in [1.54, 1.807) is 24.3 Å². The minimum Gasteiger partial charge on any atom is -0.489 e. The SMILES string of the molecule is O=C(O)CCC(=O)NCCCC[C@@H](C(=O)O)N(C/C=C/c1cccc(NC(=O)c2ccccc2)c1)Cc1cccc(OCc2ccccc2)c1.